The van der Waals surface area contributed by atoms with E-state index >= 15 is 0 Å². The van der Waals surface area contributed by atoms with Gasteiger partial charge < -0.3 is 0 Å². The second-order valence-corrected chi connectivity index (χ2v) is 12.5. The summed E-state index contributed by atoms with van der Waals surface area (Å²) in [5, 5.41) is 5.06. The lowest BCUT2D eigenvalue weighted by Crippen LogP contribution is -2.49. The second kappa shape index (κ2) is 7.04. The van der Waals surface area contributed by atoms with Crippen LogP contribution < -0.4 is 0 Å². The van der Waals surface area contributed by atoms with Gasteiger partial charge in [-0.05, 0) is 111 Å². The van der Waals surface area contributed by atoms with Crippen LogP contribution in [0, 0.1) is 52.8 Å². The van der Waals surface area contributed by atoms with Crippen molar-refractivity contribution in [3.05, 3.63) is 23.5 Å². The molecule has 0 radical (unpaired) electrons. The van der Waals surface area contributed by atoms with Crippen molar-refractivity contribution in [1.82, 2.24) is 14.8 Å². The van der Waals surface area contributed by atoms with Gasteiger partial charge in [0.1, 0.15) is 12.1 Å². The van der Waals surface area contributed by atoms with Crippen LogP contribution in [0.4, 0.5) is 0 Å². The summed E-state index contributed by atoms with van der Waals surface area (Å²) in [6.07, 6.45) is 15.8. The summed E-state index contributed by atoms with van der Waals surface area (Å²) in [7, 11) is 0. The number of Topliss-reactive ketones (excluding diaryl/α,β-unsaturated/α-hetero) is 1. The Bertz CT molecular complexity index is 1080. The van der Waals surface area contributed by atoms with E-state index in [2.05, 4.69) is 17.0 Å². The molecule has 0 amide bonds. The van der Waals surface area contributed by atoms with Gasteiger partial charge >= 0.3 is 0 Å². The van der Waals surface area contributed by atoms with Gasteiger partial charge in [-0.1, -0.05) is 18.5 Å². The topological polar surface area (TPSA) is 47.8 Å². The number of carbonyl (C=O) groups excluding carboxylic acids is 1. The van der Waals surface area contributed by atoms with E-state index in [1.54, 1.807) is 18.8 Å². The van der Waals surface area contributed by atoms with Gasteiger partial charge in [0.2, 0.25) is 0 Å². The number of nitrogens with zero attached hydrogens (tertiary/aromatic N) is 3. The van der Waals surface area contributed by atoms with Crippen molar-refractivity contribution in [2.45, 2.75) is 71.3 Å². The fourth-order valence-electron chi connectivity index (χ4n) is 9.52. The molecule has 5 fully saturated rings. The Hall–Kier alpha value is -1.42. The first-order valence-corrected chi connectivity index (χ1v) is 13.4. The molecule has 0 saturated heterocycles. The van der Waals surface area contributed by atoms with E-state index in [0.29, 0.717) is 17.4 Å². The minimum Gasteiger partial charge on any atom is -0.297 e. The summed E-state index contributed by atoms with van der Waals surface area (Å²) in [5.74, 6) is 7.35. The van der Waals surface area contributed by atoms with E-state index in [1.807, 2.05) is 10.7 Å². The van der Waals surface area contributed by atoms with Crippen LogP contribution >= 0.6 is 11.6 Å². The first kappa shape index (κ1) is 20.0. The first-order valence-electron chi connectivity index (χ1n) is 13.0. The average molecular weight is 452 g/mol. The number of carbonyl (C=O) groups is 1. The van der Waals surface area contributed by atoms with Crippen LogP contribution in [0.25, 0.3) is 11.0 Å². The molecule has 32 heavy (non-hydrogen) atoms. The normalized spacial score (nSPS) is 44.4. The number of hydrogen-bond donors (Lipinski definition) is 0. The molecule has 0 aliphatic heterocycles. The average Bonchev–Trinajstić information content (AvgIpc) is 3.37. The highest BCUT2D eigenvalue weighted by Gasteiger charge is 2.60. The van der Waals surface area contributed by atoms with Crippen LogP contribution in [0.3, 0.4) is 0 Å². The predicted octanol–water partition coefficient (Wildman–Crippen LogP) is 6.17. The molecule has 0 bridgehead atoms. The van der Waals surface area contributed by atoms with Crippen molar-refractivity contribution in [1.29, 1.82) is 0 Å². The first-order chi connectivity index (χ1) is 15.5. The zero-order valence-electron chi connectivity index (χ0n) is 19.0. The van der Waals surface area contributed by atoms with Gasteiger partial charge in [-0.2, -0.15) is 5.10 Å². The lowest BCUT2D eigenvalue weighted by Gasteiger charge is -2.55. The Balaban J connectivity index is 1.11. The smallest absolute Gasteiger partial charge is 0.157 e. The third kappa shape index (κ3) is 2.83. The Morgan fingerprint density at radius 1 is 1.03 bits per heavy atom. The zero-order chi connectivity index (χ0) is 21.6. The number of aromatic nitrogens is 3. The van der Waals surface area contributed by atoms with E-state index < -0.39 is 0 Å². The fourth-order valence-corrected chi connectivity index (χ4v) is 9.67. The summed E-state index contributed by atoms with van der Waals surface area (Å²) in [6, 6.07) is 1.88. The van der Waals surface area contributed by atoms with Gasteiger partial charge in [-0.15, -0.1) is 0 Å². The van der Waals surface area contributed by atoms with Gasteiger partial charge in [-0.3, -0.25) is 14.5 Å². The maximum absolute atomic E-state index is 13.6. The van der Waals surface area contributed by atoms with Crippen LogP contribution in [0.15, 0.2) is 18.5 Å². The third-order valence-electron chi connectivity index (χ3n) is 11.0. The molecule has 0 aromatic carbocycles. The summed E-state index contributed by atoms with van der Waals surface area (Å²) in [6.45, 7) is 2.81. The predicted molar refractivity (Wildman–Crippen MR) is 125 cm³/mol. The fraction of sp³-hybridized carbons (Fsp3) is 0.741. The third-order valence-corrected chi connectivity index (χ3v) is 11.2. The summed E-state index contributed by atoms with van der Waals surface area (Å²) < 4.78 is 1.82. The molecule has 0 spiro atoms. The molecule has 5 heteroatoms. The molecular formula is C27H34ClN3O. The molecule has 4 nitrogen and oxygen atoms in total. The van der Waals surface area contributed by atoms with E-state index in [9.17, 15) is 4.79 Å². The van der Waals surface area contributed by atoms with Crippen LogP contribution in [0.1, 0.15) is 64.7 Å². The minimum atomic E-state index is 0.178. The molecule has 7 rings (SSSR count). The highest BCUT2D eigenvalue weighted by atomic mass is 35.5. The number of rotatable bonds is 3. The number of halogens is 1. The number of hydrogen-bond acceptors (Lipinski definition) is 3. The molecule has 5 aliphatic rings. The van der Waals surface area contributed by atoms with Crippen molar-refractivity contribution in [2.75, 3.05) is 0 Å². The molecule has 2 aromatic rings. The van der Waals surface area contributed by atoms with Gasteiger partial charge in [0.25, 0.3) is 0 Å². The molecule has 9 unspecified atom stereocenters. The molecule has 170 valence electrons. The molecule has 2 heterocycles. The van der Waals surface area contributed by atoms with E-state index in [4.69, 9.17) is 11.6 Å². The Kier molecular flexibility index (Phi) is 4.40. The summed E-state index contributed by atoms with van der Waals surface area (Å²) in [4.78, 5) is 18.0. The summed E-state index contributed by atoms with van der Waals surface area (Å²) >= 11 is 6.16. The Morgan fingerprint density at radius 3 is 2.72 bits per heavy atom. The zero-order valence-corrected chi connectivity index (χ0v) is 19.8. The molecule has 0 N–H and O–H groups in total. The largest absolute Gasteiger partial charge is 0.297 e. The maximum atomic E-state index is 13.6. The quantitative estimate of drug-likeness (QED) is 0.560. The SMILES string of the molecule is CC12CCC3C4CCC5CC5C4CCC3C1CCC2C(=O)Cn1ncc2ncc(Cl)cc21. The van der Waals surface area contributed by atoms with Gasteiger partial charge in [0, 0.05) is 12.1 Å². The maximum Gasteiger partial charge on any atom is 0.157 e. The van der Waals surface area contributed by atoms with Gasteiger partial charge in [0.05, 0.1) is 16.7 Å². The van der Waals surface area contributed by atoms with Crippen molar-refractivity contribution < 1.29 is 4.79 Å². The number of fused-ring (bicyclic) bond motifs is 8. The van der Waals surface area contributed by atoms with Gasteiger partial charge in [0.15, 0.2) is 5.78 Å². The Morgan fingerprint density at radius 2 is 1.81 bits per heavy atom. The number of ketones is 1. The van der Waals surface area contributed by atoms with E-state index in [-0.39, 0.29) is 11.3 Å². The molecule has 5 saturated carbocycles. The number of pyridine rings is 1. The Labute approximate surface area is 195 Å². The molecular weight excluding hydrogens is 418 g/mol. The van der Waals surface area contributed by atoms with Crippen molar-refractivity contribution in [2.24, 2.45) is 52.8 Å². The molecule has 2 aromatic heterocycles. The van der Waals surface area contributed by atoms with Crippen molar-refractivity contribution >= 4 is 28.4 Å². The lowest BCUT2D eigenvalue weighted by atomic mass is 9.49. The van der Waals surface area contributed by atoms with Crippen LogP contribution in [-0.2, 0) is 11.3 Å². The van der Waals surface area contributed by atoms with Gasteiger partial charge in [-0.25, -0.2) is 0 Å². The van der Waals surface area contributed by atoms with Crippen molar-refractivity contribution in [3.8, 4) is 0 Å². The summed E-state index contributed by atoms with van der Waals surface area (Å²) in [5.41, 5.74) is 1.85. The molecule has 5 aliphatic carbocycles. The highest BCUT2D eigenvalue weighted by molar-refractivity contribution is 6.31. The standard InChI is InChI=1S/C27H34ClN3O/c1-27-9-8-19-17-3-2-15-10-21(15)18(17)4-5-20(19)22(27)6-7-23(27)26(32)14-31-25-11-16(28)12-29-24(25)13-30-31/h11-13,15,17-23H,2-10,14H2,1H3. The van der Waals surface area contributed by atoms with Crippen molar-refractivity contribution in [3.63, 3.8) is 0 Å². The highest BCUT2D eigenvalue weighted by Crippen LogP contribution is 2.67. The second-order valence-electron chi connectivity index (χ2n) is 12.1. The molecule has 9 atom stereocenters. The van der Waals surface area contributed by atoms with E-state index in [1.165, 1.54) is 44.9 Å². The van der Waals surface area contributed by atoms with Crippen LogP contribution in [0.2, 0.25) is 5.02 Å². The van der Waals surface area contributed by atoms with Crippen LogP contribution in [-0.4, -0.2) is 20.5 Å². The van der Waals surface area contributed by atoms with E-state index in [0.717, 1.165) is 58.9 Å². The monoisotopic (exact) mass is 451 g/mol. The van der Waals surface area contributed by atoms with Crippen LogP contribution in [0.5, 0.6) is 0 Å². The minimum absolute atomic E-state index is 0.178. The lowest BCUT2D eigenvalue weighted by molar-refractivity contribution is -0.131.